The molecule has 0 spiro atoms. The Bertz CT molecular complexity index is 1010. The highest BCUT2D eigenvalue weighted by molar-refractivity contribution is 5.89. The highest BCUT2D eigenvalue weighted by Gasteiger charge is 2.13. The average molecular weight is 323 g/mol. The molecule has 1 N–H and O–H groups in total. The Morgan fingerprint density at radius 2 is 1.71 bits per heavy atom. The molecule has 0 aliphatic carbocycles. The maximum Gasteiger partial charge on any atom is 0.168 e. The molecular weight excluding hydrogens is 312 g/mol. The van der Waals surface area contributed by atoms with Gasteiger partial charge in [0.2, 0.25) is 0 Å². The van der Waals surface area contributed by atoms with E-state index in [4.69, 9.17) is 0 Å². The molecule has 2 aromatic carbocycles. The number of benzene rings is 2. The van der Waals surface area contributed by atoms with Crippen LogP contribution < -0.4 is 5.32 Å². The summed E-state index contributed by atoms with van der Waals surface area (Å²) in [5, 5.41) is 7.94. The summed E-state index contributed by atoms with van der Waals surface area (Å²) in [5.74, 6) is -0.205. The van der Waals surface area contributed by atoms with Crippen molar-refractivity contribution in [3.63, 3.8) is 0 Å². The van der Waals surface area contributed by atoms with Crippen LogP contribution in [0.1, 0.15) is 0 Å². The fourth-order valence-corrected chi connectivity index (χ4v) is 2.41. The standard InChI is InChI=1S/C17H11F2N5/c18-11-5-7-12(8-6-11)23-16-13-9-22-24(17(13)21-10-20-16)15-4-2-1-3-14(15)19/h1-10H,(H,20,21,23). The summed E-state index contributed by atoms with van der Waals surface area (Å²) in [6, 6.07) is 12.2. The number of aromatic nitrogens is 4. The number of halogens is 2. The predicted octanol–water partition coefficient (Wildman–Crippen LogP) is 3.84. The highest BCUT2D eigenvalue weighted by Crippen LogP contribution is 2.25. The predicted molar refractivity (Wildman–Crippen MR) is 86.3 cm³/mol. The van der Waals surface area contributed by atoms with Crippen molar-refractivity contribution in [2.45, 2.75) is 0 Å². The van der Waals surface area contributed by atoms with Gasteiger partial charge in [-0.15, -0.1) is 0 Å². The minimum Gasteiger partial charge on any atom is -0.340 e. The van der Waals surface area contributed by atoms with Gasteiger partial charge in [0, 0.05) is 5.69 Å². The molecule has 0 aliphatic rings. The van der Waals surface area contributed by atoms with Crippen molar-refractivity contribution in [1.29, 1.82) is 0 Å². The molecule has 0 aliphatic heterocycles. The van der Waals surface area contributed by atoms with Crippen molar-refractivity contribution in [3.8, 4) is 5.69 Å². The largest absolute Gasteiger partial charge is 0.340 e. The molecule has 0 radical (unpaired) electrons. The Balaban J connectivity index is 1.79. The summed E-state index contributed by atoms with van der Waals surface area (Å²) < 4.78 is 28.4. The number of nitrogens with zero attached hydrogens (tertiary/aromatic N) is 4. The summed E-state index contributed by atoms with van der Waals surface area (Å²) in [5.41, 5.74) is 1.45. The second-order valence-electron chi connectivity index (χ2n) is 5.10. The number of hydrogen-bond donors (Lipinski definition) is 1. The summed E-state index contributed by atoms with van der Waals surface area (Å²) in [6.07, 6.45) is 2.93. The lowest BCUT2D eigenvalue weighted by Crippen LogP contribution is -2.01. The third-order valence-electron chi connectivity index (χ3n) is 3.55. The quantitative estimate of drug-likeness (QED) is 0.622. The zero-order valence-corrected chi connectivity index (χ0v) is 12.3. The maximum atomic E-state index is 14.0. The van der Waals surface area contributed by atoms with Crippen LogP contribution in [-0.4, -0.2) is 19.7 Å². The average Bonchev–Trinajstić information content (AvgIpc) is 3.02. The lowest BCUT2D eigenvalue weighted by molar-refractivity contribution is 0.612. The molecular formula is C17H11F2N5. The van der Waals surface area contributed by atoms with Crippen LogP contribution in [0, 0.1) is 11.6 Å². The van der Waals surface area contributed by atoms with Gasteiger partial charge in [0.25, 0.3) is 0 Å². The van der Waals surface area contributed by atoms with Crippen LogP contribution in [0.2, 0.25) is 0 Å². The van der Waals surface area contributed by atoms with E-state index in [9.17, 15) is 8.78 Å². The van der Waals surface area contributed by atoms with Crippen LogP contribution in [0.25, 0.3) is 16.7 Å². The zero-order valence-electron chi connectivity index (χ0n) is 12.3. The third kappa shape index (κ3) is 2.45. The molecule has 0 unspecified atom stereocenters. The van der Waals surface area contributed by atoms with Crippen LogP contribution in [0.3, 0.4) is 0 Å². The number of fused-ring (bicyclic) bond motifs is 1. The van der Waals surface area contributed by atoms with E-state index in [1.807, 2.05) is 0 Å². The number of rotatable bonds is 3. The van der Waals surface area contributed by atoms with Gasteiger partial charge < -0.3 is 5.32 Å². The first-order chi connectivity index (χ1) is 11.7. The molecule has 2 heterocycles. The van der Waals surface area contributed by atoms with Gasteiger partial charge in [0.15, 0.2) is 5.65 Å². The van der Waals surface area contributed by atoms with Crippen LogP contribution in [0.4, 0.5) is 20.3 Å². The van der Waals surface area contributed by atoms with Gasteiger partial charge in [0.05, 0.1) is 11.6 Å². The Labute approximate surface area is 135 Å². The molecule has 0 saturated heterocycles. The van der Waals surface area contributed by atoms with E-state index < -0.39 is 5.82 Å². The van der Waals surface area contributed by atoms with E-state index in [-0.39, 0.29) is 5.82 Å². The van der Waals surface area contributed by atoms with E-state index in [1.165, 1.54) is 29.2 Å². The molecule has 0 saturated carbocycles. The van der Waals surface area contributed by atoms with Crippen LogP contribution in [0.15, 0.2) is 61.1 Å². The van der Waals surface area contributed by atoms with E-state index in [0.29, 0.717) is 28.2 Å². The molecule has 5 nitrogen and oxygen atoms in total. The minimum atomic E-state index is -0.394. The molecule has 0 fully saturated rings. The minimum absolute atomic E-state index is 0.305. The Morgan fingerprint density at radius 1 is 0.917 bits per heavy atom. The second kappa shape index (κ2) is 5.69. The molecule has 7 heteroatoms. The third-order valence-corrected chi connectivity index (χ3v) is 3.55. The number of nitrogens with one attached hydrogen (secondary N) is 1. The van der Waals surface area contributed by atoms with Gasteiger partial charge in [-0.2, -0.15) is 5.10 Å². The topological polar surface area (TPSA) is 55.6 Å². The summed E-state index contributed by atoms with van der Waals surface area (Å²) >= 11 is 0. The van der Waals surface area contributed by atoms with Crippen LogP contribution >= 0.6 is 0 Å². The first-order valence-electron chi connectivity index (χ1n) is 7.18. The summed E-state index contributed by atoms with van der Waals surface area (Å²) in [4.78, 5) is 8.39. The molecule has 0 amide bonds. The van der Waals surface area contributed by atoms with E-state index >= 15 is 0 Å². The van der Waals surface area contributed by atoms with Crippen molar-refractivity contribution >= 4 is 22.5 Å². The Hall–Kier alpha value is -3.35. The molecule has 24 heavy (non-hydrogen) atoms. The van der Waals surface area contributed by atoms with E-state index in [0.717, 1.165) is 0 Å². The molecule has 0 atom stereocenters. The number of hydrogen-bond acceptors (Lipinski definition) is 4. The van der Waals surface area contributed by atoms with Gasteiger partial charge in [0.1, 0.15) is 29.5 Å². The molecule has 2 aromatic heterocycles. The molecule has 0 bridgehead atoms. The lowest BCUT2D eigenvalue weighted by atomic mass is 10.3. The zero-order chi connectivity index (χ0) is 16.5. The summed E-state index contributed by atoms with van der Waals surface area (Å²) in [7, 11) is 0. The normalized spacial score (nSPS) is 10.9. The monoisotopic (exact) mass is 323 g/mol. The van der Waals surface area contributed by atoms with Crippen molar-refractivity contribution in [3.05, 3.63) is 72.7 Å². The smallest absolute Gasteiger partial charge is 0.168 e. The molecule has 4 aromatic rings. The molecule has 4 rings (SSSR count). The van der Waals surface area contributed by atoms with Gasteiger partial charge in [-0.25, -0.2) is 23.4 Å². The highest BCUT2D eigenvalue weighted by atomic mass is 19.1. The fourth-order valence-electron chi connectivity index (χ4n) is 2.41. The number of para-hydroxylation sites is 1. The van der Waals surface area contributed by atoms with Gasteiger partial charge in [-0.05, 0) is 36.4 Å². The SMILES string of the molecule is Fc1ccc(Nc2ncnc3c2cnn3-c2ccccc2F)cc1. The first kappa shape index (κ1) is 14.3. The van der Waals surface area contributed by atoms with E-state index in [1.54, 1.807) is 36.5 Å². The first-order valence-corrected chi connectivity index (χ1v) is 7.18. The van der Waals surface area contributed by atoms with Gasteiger partial charge in [-0.3, -0.25) is 0 Å². The van der Waals surface area contributed by atoms with Crippen LogP contribution in [0.5, 0.6) is 0 Å². The van der Waals surface area contributed by atoms with Crippen LogP contribution in [-0.2, 0) is 0 Å². The second-order valence-corrected chi connectivity index (χ2v) is 5.10. The van der Waals surface area contributed by atoms with Crippen molar-refractivity contribution in [2.75, 3.05) is 5.32 Å². The number of anilines is 2. The van der Waals surface area contributed by atoms with Crippen molar-refractivity contribution in [1.82, 2.24) is 19.7 Å². The summed E-state index contributed by atoms with van der Waals surface area (Å²) in [6.45, 7) is 0. The van der Waals surface area contributed by atoms with Gasteiger partial charge >= 0.3 is 0 Å². The van der Waals surface area contributed by atoms with E-state index in [2.05, 4.69) is 20.4 Å². The lowest BCUT2D eigenvalue weighted by Gasteiger charge is -2.07. The fraction of sp³-hybridized carbons (Fsp3) is 0. The maximum absolute atomic E-state index is 14.0. The van der Waals surface area contributed by atoms with Gasteiger partial charge in [-0.1, -0.05) is 12.1 Å². The molecule has 118 valence electrons. The van der Waals surface area contributed by atoms with Crippen molar-refractivity contribution in [2.24, 2.45) is 0 Å². The van der Waals surface area contributed by atoms with Crippen molar-refractivity contribution < 1.29 is 8.78 Å². The Kier molecular flexibility index (Phi) is 3.38. The Morgan fingerprint density at radius 3 is 2.50 bits per heavy atom.